The fraction of sp³-hybridized carbons (Fsp3) is 0.286. The van der Waals surface area contributed by atoms with Gasteiger partial charge in [0.1, 0.15) is 10.2 Å². The van der Waals surface area contributed by atoms with Crippen LogP contribution in [0.1, 0.15) is 21.6 Å². The molecule has 1 aromatic rings. The van der Waals surface area contributed by atoms with Crippen LogP contribution in [0.25, 0.3) is 0 Å². The molecule has 1 rings (SSSR count). The lowest BCUT2D eigenvalue weighted by atomic mass is 10.1. The van der Waals surface area contributed by atoms with Gasteiger partial charge in [0.05, 0.1) is 5.69 Å². The van der Waals surface area contributed by atoms with Crippen molar-refractivity contribution in [3.05, 3.63) is 21.5 Å². The van der Waals surface area contributed by atoms with E-state index < -0.39 is 5.97 Å². The van der Waals surface area contributed by atoms with E-state index in [0.717, 1.165) is 0 Å². The third-order valence-corrected chi connectivity index (χ3v) is 1.98. The molecule has 0 bridgehead atoms. The summed E-state index contributed by atoms with van der Waals surface area (Å²) in [6.07, 6.45) is 0. The molecule has 1 heterocycles. The first-order valence-corrected chi connectivity index (χ1v) is 3.74. The third-order valence-electron chi connectivity index (χ3n) is 1.68. The molecule has 0 fully saturated rings. The molecule has 0 aliphatic carbocycles. The Morgan fingerprint density at radius 3 is 2.58 bits per heavy atom. The van der Waals surface area contributed by atoms with Crippen LogP contribution in [0.2, 0.25) is 0 Å². The van der Waals surface area contributed by atoms with Gasteiger partial charge in [-0.25, -0.2) is 4.79 Å². The number of carboxylic acid groups (broad SMARTS) is 1. The normalized spacial score (nSPS) is 9.83. The molecule has 12 heavy (non-hydrogen) atoms. The Balaban J connectivity index is 3.54. The summed E-state index contributed by atoms with van der Waals surface area (Å²) in [7, 11) is 0. The average Bonchev–Trinajstić information content (AvgIpc) is 1.97. The topological polar surface area (TPSA) is 66.0 Å². The molecule has 0 saturated heterocycles. The summed E-state index contributed by atoms with van der Waals surface area (Å²) in [6.45, 7) is 3.42. The van der Waals surface area contributed by atoms with E-state index in [2.05, 4.69) is 10.2 Å². The average molecular weight is 184 g/mol. The maximum Gasteiger partial charge on any atom is 0.339 e. The van der Waals surface area contributed by atoms with Gasteiger partial charge in [0.2, 0.25) is 0 Å². The molecule has 0 aliphatic rings. The highest BCUT2D eigenvalue weighted by Gasteiger charge is 2.11. The van der Waals surface area contributed by atoms with E-state index in [-0.39, 0.29) is 10.2 Å². The molecular formula is C7H8N2O2S. The molecule has 1 aromatic heterocycles. The van der Waals surface area contributed by atoms with Crippen LogP contribution in [-0.2, 0) is 0 Å². The third kappa shape index (κ3) is 1.35. The standard InChI is InChI=1S/C7H8N2O2S/c1-3-4(2)8-9-6(12)5(3)7(10)11/h1-2H3,(H,9,12)(H,10,11). The van der Waals surface area contributed by atoms with Gasteiger partial charge in [0.25, 0.3) is 0 Å². The van der Waals surface area contributed by atoms with Crippen LogP contribution in [0.15, 0.2) is 0 Å². The van der Waals surface area contributed by atoms with Gasteiger partial charge in [-0.05, 0) is 19.4 Å². The summed E-state index contributed by atoms with van der Waals surface area (Å²) >= 11 is 4.78. The van der Waals surface area contributed by atoms with Crippen molar-refractivity contribution in [2.24, 2.45) is 0 Å². The molecular weight excluding hydrogens is 176 g/mol. The smallest absolute Gasteiger partial charge is 0.339 e. The number of aromatic amines is 1. The van der Waals surface area contributed by atoms with E-state index in [1.807, 2.05) is 0 Å². The van der Waals surface area contributed by atoms with Gasteiger partial charge in [-0.15, -0.1) is 0 Å². The fourth-order valence-electron chi connectivity index (χ4n) is 0.883. The van der Waals surface area contributed by atoms with Crippen molar-refractivity contribution in [2.75, 3.05) is 0 Å². The Hall–Kier alpha value is -1.23. The second kappa shape index (κ2) is 3.02. The summed E-state index contributed by atoms with van der Waals surface area (Å²) < 4.78 is 0.172. The maximum atomic E-state index is 10.7. The number of carbonyl (C=O) groups is 1. The number of aromatic nitrogens is 2. The van der Waals surface area contributed by atoms with Gasteiger partial charge in [0.15, 0.2) is 0 Å². The molecule has 0 saturated carbocycles. The van der Waals surface area contributed by atoms with Crippen molar-refractivity contribution in [3.8, 4) is 0 Å². The van der Waals surface area contributed by atoms with Crippen LogP contribution in [-0.4, -0.2) is 21.3 Å². The molecule has 2 N–H and O–H groups in total. The summed E-state index contributed by atoms with van der Waals surface area (Å²) in [6, 6.07) is 0. The van der Waals surface area contributed by atoms with Crippen LogP contribution < -0.4 is 0 Å². The van der Waals surface area contributed by atoms with E-state index in [1.165, 1.54) is 0 Å². The molecule has 0 spiro atoms. The van der Waals surface area contributed by atoms with Crippen LogP contribution in [0.5, 0.6) is 0 Å². The number of hydrogen-bond acceptors (Lipinski definition) is 3. The quantitative estimate of drug-likeness (QED) is 0.648. The Bertz CT molecular complexity index is 383. The van der Waals surface area contributed by atoms with Crippen molar-refractivity contribution in [2.45, 2.75) is 13.8 Å². The number of nitrogens with one attached hydrogen (secondary N) is 1. The summed E-state index contributed by atoms with van der Waals surface area (Å²) in [5.41, 5.74) is 1.41. The Morgan fingerprint density at radius 2 is 2.17 bits per heavy atom. The van der Waals surface area contributed by atoms with Crippen LogP contribution in [0, 0.1) is 18.5 Å². The lowest BCUT2D eigenvalue weighted by Crippen LogP contribution is -2.06. The van der Waals surface area contributed by atoms with E-state index in [1.54, 1.807) is 13.8 Å². The molecule has 5 heteroatoms. The molecule has 0 radical (unpaired) electrons. The minimum Gasteiger partial charge on any atom is -0.478 e. The lowest BCUT2D eigenvalue weighted by molar-refractivity contribution is 0.0694. The Labute approximate surface area is 74.2 Å². The SMILES string of the molecule is Cc1n[nH]c(=S)c(C(=O)O)c1C. The van der Waals surface area contributed by atoms with E-state index in [4.69, 9.17) is 17.3 Å². The number of rotatable bonds is 1. The van der Waals surface area contributed by atoms with Crippen LogP contribution in [0.3, 0.4) is 0 Å². The summed E-state index contributed by atoms with van der Waals surface area (Å²) in [4.78, 5) is 10.7. The minimum atomic E-state index is -1.01. The van der Waals surface area contributed by atoms with Gasteiger partial charge in [-0.3, -0.25) is 5.10 Å². The zero-order valence-corrected chi connectivity index (χ0v) is 7.53. The lowest BCUT2D eigenvalue weighted by Gasteiger charge is -2.02. The number of nitrogens with zero attached hydrogens (tertiary/aromatic N) is 1. The first-order chi connectivity index (χ1) is 5.54. The summed E-state index contributed by atoms with van der Waals surface area (Å²) in [5, 5.41) is 15.1. The minimum absolute atomic E-state index is 0.137. The van der Waals surface area contributed by atoms with E-state index in [0.29, 0.717) is 11.3 Å². The van der Waals surface area contributed by atoms with Crippen molar-refractivity contribution in [3.63, 3.8) is 0 Å². The van der Waals surface area contributed by atoms with Gasteiger partial charge in [-0.2, -0.15) is 5.10 Å². The fourth-order valence-corrected chi connectivity index (χ4v) is 1.17. The van der Waals surface area contributed by atoms with E-state index in [9.17, 15) is 4.79 Å². The van der Waals surface area contributed by atoms with Gasteiger partial charge >= 0.3 is 5.97 Å². The van der Waals surface area contributed by atoms with Crippen molar-refractivity contribution in [1.29, 1.82) is 0 Å². The van der Waals surface area contributed by atoms with Crippen LogP contribution >= 0.6 is 12.2 Å². The molecule has 0 atom stereocenters. The van der Waals surface area contributed by atoms with Gasteiger partial charge in [-0.1, -0.05) is 12.2 Å². The highest BCUT2D eigenvalue weighted by atomic mass is 32.1. The number of carboxylic acids is 1. The Kier molecular flexibility index (Phi) is 2.23. The number of aromatic carboxylic acids is 1. The van der Waals surface area contributed by atoms with Crippen molar-refractivity contribution >= 4 is 18.2 Å². The number of H-pyrrole nitrogens is 1. The Morgan fingerprint density at radius 1 is 1.58 bits per heavy atom. The second-order valence-electron chi connectivity index (χ2n) is 2.44. The molecule has 64 valence electrons. The second-order valence-corrected chi connectivity index (χ2v) is 2.85. The zero-order valence-electron chi connectivity index (χ0n) is 6.71. The largest absolute Gasteiger partial charge is 0.478 e. The highest BCUT2D eigenvalue weighted by Crippen LogP contribution is 2.09. The first kappa shape index (κ1) is 8.86. The molecule has 0 aliphatic heterocycles. The molecule has 4 nitrogen and oxygen atoms in total. The van der Waals surface area contributed by atoms with Crippen molar-refractivity contribution in [1.82, 2.24) is 10.2 Å². The maximum absolute atomic E-state index is 10.7. The van der Waals surface area contributed by atoms with Gasteiger partial charge < -0.3 is 5.11 Å². The molecule has 0 amide bonds. The number of aryl methyl sites for hydroxylation is 1. The molecule has 0 unspecified atom stereocenters. The molecule has 0 aromatic carbocycles. The monoisotopic (exact) mass is 184 g/mol. The van der Waals surface area contributed by atoms with Crippen molar-refractivity contribution < 1.29 is 9.90 Å². The van der Waals surface area contributed by atoms with Gasteiger partial charge in [0, 0.05) is 0 Å². The predicted octanol–water partition coefficient (Wildman–Crippen LogP) is 1.45. The zero-order chi connectivity index (χ0) is 9.30. The number of hydrogen-bond donors (Lipinski definition) is 2. The van der Waals surface area contributed by atoms with E-state index >= 15 is 0 Å². The van der Waals surface area contributed by atoms with Crippen LogP contribution in [0.4, 0.5) is 0 Å². The first-order valence-electron chi connectivity index (χ1n) is 3.33. The summed E-state index contributed by atoms with van der Waals surface area (Å²) in [5.74, 6) is -1.01. The highest BCUT2D eigenvalue weighted by molar-refractivity contribution is 7.71. The predicted molar refractivity (Wildman–Crippen MR) is 45.9 cm³/mol.